The lowest BCUT2D eigenvalue weighted by molar-refractivity contribution is -0.130. The van der Waals surface area contributed by atoms with Crippen LogP contribution in [0.4, 0.5) is 4.39 Å². The molecule has 0 fully saturated rings. The molecule has 1 heterocycles. The molecule has 0 saturated carbocycles. The first-order chi connectivity index (χ1) is 11.3. The predicted octanol–water partition coefficient (Wildman–Crippen LogP) is 1.50. The number of hydrogen-bond acceptors (Lipinski definition) is 4. The fraction of sp³-hybridized carbons (Fsp3) is 0.250. The molecule has 0 aliphatic rings. The molecule has 0 atom stereocenters. The monoisotopic (exact) mass is 351 g/mol. The second kappa shape index (κ2) is 7.50. The van der Waals surface area contributed by atoms with Crippen LogP contribution in [-0.2, 0) is 21.4 Å². The van der Waals surface area contributed by atoms with Gasteiger partial charge >= 0.3 is 0 Å². The molecule has 2 rings (SSSR count). The fourth-order valence-corrected chi connectivity index (χ4v) is 3.13. The van der Waals surface area contributed by atoms with Crippen molar-refractivity contribution in [3.8, 4) is 0 Å². The summed E-state index contributed by atoms with van der Waals surface area (Å²) in [7, 11) is -0.983. The van der Waals surface area contributed by atoms with Crippen molar-refractivity contribution in [2.45, 2.75) is 11.4 Å². The minimum Gasteiger partial charge on any atom is -0.340 e. The lowest BCUT2D eigenvalue weighted by Gasteiger charge is -2.22. The quantitative estimate of drug-likeness (QED) is 0.791. The average Bonchev–Trinajstić information content (AvgIpc) is 2.57. The van der Waals surface area contributed by atoms with Gasteiger partial charge < -0.3 is 4.90 Å². The summed E-state index contributed by atoms with van der Waals surface area (Å²) in [5.74, 6) is -0.846. The lowest BCUT2D eigenvalue weighted by Crippen LogP contribution is -2.39. The van der Waals surface area contributed by atoms with E-state index in [-0.39, 0.29) is 18.0 Å². The smallest absolute Gasteiger partial charge is 0.244 e. The third kappa shape index (κ3) is 4.15. The van der Waals surface area contributed by atoms with Gasteiger partial charge in [-0.2, -0.15) is 4.31 Å². The maximum absolute atomic E-state index is 13.6. The Morgan fingerprint density at radius 3 is 2.50 bits per heavy atom. The molecule has 0 N–H and O–H groups in total. The van der Waals surface area contributed by atoms with Crippen molar-refractivity contribution in [2.24, 2.45) is 0 Å². The minimum atomic E-state index is -3.80. The summed E-state index contributed by atoms with van der Waals surface area (Å²) in [4.78, 5) is 17.3. The number of sulfonamides is 1. The highest BCUT2D eigenvalue weighted by atomic mass is 32.2. The highest BCUT2D eigenvalue weighted by molar-refractivity contribution is 7.89. The van der Waals surface area contributed by atoms with Gasteiger partial charge in [-0.1, -0.05) is 18.2 Å². The van der Waals surface area contributed by atoms with E-state index in [2.05, 4.69) is 4.98 Å². The molecule has 128 valence electrons. The van der Waals surface area contributed by atoms with Crippen LogP contribution in [0, 0.1) is 5.82 Å². The van der Waals surface area contributed by atoms with E-state index in [1.807, 2.05) is 0 Å². The first-order valence-electron chi connectivity index (χ1n) is 7.16. The summed E-state index contributed by atoms with van der Waals surface area (Å²) in [5.41, 5.74) is 0.367. The first kappa shape index (κ1) is 18.0. The molecule has 1 aromatic heterocycles. The van der Waals surface area contributed by atoms with Crippen molar-refractivity contribution in [1.29, 1.82) is 0 Å². The summed E-state index contributed by atoms with van der Waals surface area (Å²) in [6, 6.07) is 9.05. The van der Waals surface area contributed by atoms with Crippen LogP contribution in [0.1, 0.15) is 5.56 Å². The molecule has 0 bridgehead atoms. The first-order valence-corrected chi connectivity index (χ1v) is 8.60. The van der Waals surface area contributed by atoms with Crippen molar-refractivity contribution >= 4 is 15.9 Å². The van der Waals surface area contributed by atoms with Crippen LogP contribution in [0.25, 0.3) is 0 Å². The van der Waals surface area contributed by atoms with Crippen LogP contribution < -0.4 is 0 Å². The number of carbonyl (C=O) groups is 1. The molecular weight excluding hydrogens is 333 g/mol. The molecule has 0 aliphatic carbocycles. The Hall–Kier alpha value is -2.32. The number of carbonyl (C=O) groups excluding carboxylic acids is 1. The van der Waals surface area contributed by atoms with E-state index in [0.717, 1.165) is 4.31 Å². The number of hydrogen-bond donors (Lipinski definition) is 0. The molecule has 0 spiro atoms. The highest BCUT2D eigenvalue weighted by Gasteiger charge is 2.24. The van der Waals surface area contributed by atoms with Gasteiger partial charge in [0, 0.05) is 38.6 Å². The van der Waals surface area contributed by atoms with E-state index in [1.54, 1.807) is 18.2 Å². The number of likely N-dealkylation sites (N-methyl/N-ethyl adjacent to an activating group) is 2. The van der Waals surface area contributed by atoms with Gasteiger partial charge in [-0.05, 0) is 18.2 Å². The second-order valence-corrected chi connectivity index (χ2v) is 7.34. The SMILES string of the molecule is CN(Cc1ccccc1F)C(=O)CN(C)S(=O)(=O)c1cccnc1. The molecule has 1 aromatic carbocycles. The van der Waals surface area contributed by atoms with E-state index in [4.69, 9.17) is 0 Å². The second-order valence-electron chi connectivity index (χ2n) is 5.29. The van der Waals surface area contributed by atoms with Crippen molar-refractivity contribution in [3.63, 3.8) is 0 Å². The molecule has 0 unspecified atom stereocenters. The summed E-state index contributed by atoms with van der Waals surface area (Å²) >= 11 is 0. The third-order valence-electron chi connectivity index (χ3n) is 3.49. The van der Waals surface area contributed by atoms with Gasteiger partial charge in [0.15, 0.2) is 0 Å². The number of aromatic nitrogens is 1. The maximum Gasteiger partial charge on any atom is 0.244 e. The van der Waals surface area contributed by atoms with Gasteiger partial charge in [-0.25, -0.2) is 12.8 Å². The number of halogens is 1. The molecule has 8 heteroatoms. The summed E-state index contributed by atoms with van der Waals surface area (Å²) in [6.07, 6.45) is 2.69. The van der Waals surface area contributed by atoms with Crippen LogP contribution in [0.5, 0.6) is 0 Å². The zero-order valence-corrected chi connectivity index (χ0v) is 14.2. The number of rotatable bonds is 6. The molecule has 6 nitrogen and oxygen atoms in total. The number of amides is 1. The van der Waals surface area contributed by atoms with Gasteiger partial charge in [-0.15, -0.1) is 0 Å². The Morgan fingerprint density at radius 1 is 1.17 bits per heavy atom. The maximum atomic E-state index is 13.6. The van der Waals surface area contributed by atoms with E-state index in [9.17, 15) is 17.6 Å². The van der Waals surface area contributed by atoms with Gasteiger partial charge in [-0.3, -0.25) is 9.78 Å². The summed E-state index contributed by atoms with van der Waals surface area (Å²) in [6.45, 7) is -0.283. The van der Waals surface area contributed by atoms with Crippen molar-refractivity contribution < 1.29 is 17.6 Å². The van der Waals surface area contributed by atoms with Crippen LogP contribution >= 0.6 is 0 Å². The Bertz CT molecular complexity index is 812. The third-order valence-corrected chi connectivity index (χ3v) is 5.28. The van der Waals surface area contributed by atoms with Gasteiger partial charge in [0.1, 0.15) is 10.7 Å². The van der Waals surface area contributed by atoms with Gasteiger partial charge in [0.25, 0.3) is 0 Å². The number of pyridine rings is 1. The Balaban J connectivity index is 2.04. The standard InChI is InChI=1S/C16H18FN3O3S/c1-19(11-13-6-3-4-8-15(13)17)16(21)12-20(2)24(22,23)14-7-5-9-18-10-14/h3-10H,11-12H2,1-2H3. The summed E-state index contributed by atoms with van der Waals surface area (Å²) < 4.78 is 39.3. The minimum absolute atomic E-state index is 0.0112. The summed E-state index contributed by atoms with van der Waals surface area (Å²) in [5, 5.41) is 0. The van der Waals surface area contributed by atoms with Crippen molar-refractivity contribution in [3.05, 3.63) is 60.2 Å². The molecule has 0 aliphatic heterocycles. The molecule has 0 saturated heterocycles. The van der Waals surface area contributed by atoms with Crippen LogP contribution in [0.15, 0.2) is 53.7 Å². The topological polar surface area (TPSA) is 70.6 Å². The number of nitrogens with zero attached hydrogens (tertiary/aromatic N) is 3. The van der Waals surface area contributed by atoms with E-state index >= 15 is 0 Å². The molecule has 2 aromatic rings. The zero-order valence-electron chi connectivity index (χ0n) is 13.4. The molecule has 0 radical (unpaired) electrons. The number of benzene rings is 1. The largest absolute Gasteiger partial charge is 0.340 e. The van der Waals surface area contributed by atoms with Crippen LogP contribution in [0.3, 0.4) is 0 Å². The van der Waals surface area contributed by atoms with Crippen LogP contribution in [0.2, 0.25) is 0 Å². The fourth-order valence-electron chi connectivity index (χ4n) is 2.05. The zero-order chi connectivity index (χ0) is 17.7. The van der Waals surface area contributed by atoms with E-state index < -0.39 is 21.7 Å². The van der Waals surface area contributed by atoms with Crippen molar-refractivity contribution in [1.82, 2.24) is 14.2 Å². The van der Waals surface area contributed by atoms with E-state index in [1.165, 1.54) is 49.6 Å². The van der Waals surface area contributed by atoms with Crippen LogP contribution in [-0.4, -0.2) is 49.2 Å². The van der Waals surface area contributed by atoms with Gasteiger partial charge in [0.05, 0.1) is 6.54 Å². The highest BCUT2D eigenvalue weighted by Crippen LogP contribution is 2.13. The molecule has 24 heavy (non-hydrogen) atoms. The van der Waals surface area contributed by atoms with E-state index in [0.29, 0.717) is 5.56 Å². The normalized spacial score (nSPS) is 11.5. The Kier molecular flexibility index (Phi) is 5.63. The average molecular weight is 351 g/mol. The predicted molar refractivity (Wildman–Crippen MR) is 86.9 cm³/mol. The van der Waals surface area contributed by atoms with Crippen molar-refractivity contribution in [2.75, 3.05) is 20.6 Å². The molecule has 1 amide bonds. The Labute approximate surface area is 140 Å². The lowest BCUT2D eigenvalue weighted by atomic mass is 10.2. The Morgan fingerprint density at radius 2 is 1.88 bits per heavy atom. The molecular formula is C16H18FN3O3S. The van der Waals surface area contributed by atoms with Gasteiger partial charge in [0.2, 0.25) is 15.9 Å².